The number of anilines is 2. The van der Waals surface area contributed by atoms with Crippen molar-refractivity contribution in [3.8, 4) is 0 Å². The third-order valence-corrected chi connectivity index (χ3v) is 7.06. The lowest BCUT2D eigenvalue weighted by Gasteiger charge is -2.31. The summed E-state index contributed by atoms with van der Waals surface area (Å²) in [6.07, 6.45) is 9.99. The normalized spacial score (nSPS) is 20.5. The first-order valence-corrected chi connectivity index (χ1v) is 11.9. The average molecular weight is 418 g/mol. The van der Waals surface area contributed by atoms with Crippen molar-refractivity contribution in [3.63, 3.8) is 0 Å². The summed E-state index contributed by atoms with van der Waals surface area (Å²) in [6, 6.07) is 8.31. The molecule has 1 unspecified atom stereocenters. The van der Waals surface area contributed by atoms with E-state index in [4.69, 9.17) is 4.98 Å². The molecule has 5 heteroatoms. The quantitative estimate of drug-likeness (QED) is 0.707. The number of nitrogens with zero attached hydrogens (tertiary/aromatic N) is 3. The van der Waals surface area contributed by atoms with Gasteiger partial charge in [-0.3, -0.25) is 9.59 Å². The second kappa shape index (κ2) is 8.45. The van der Waals surface area contributed by atoms with Crippen LogP contribution in [0, 0.1) is 5.92 Å². The van der Waals surface area contributed by atoms with Crippen molar-refractivity contribution in [2.45, 2.75) is 58.3 Å². The van der Waals surface area contributed by atoms with Crippen molar-refractivity contribution in [3.05, 3.63) is 52.7 Å². The summed E-state index contributed by atoms with van der Waals surface area (Å²) in [5.74, 6) is 1.52. The van der Waals surface area contributed by atoms with Crippen molar-refractivity contribution >= 4 is 23.2 Å². The fraction of sp³-hybridized carbons (Fsp3) is 0.500. The summed E-state index contributed by atoms with van der Waals surface area (Å²) in [4.78, 5) is 34.5. The number of benzene rings is 1. The molecule has 162 valence electrons. The first-order chi connectivity index (χ1) is 15.2. The molecule has 1 atom stereocenters. The molecule has 1 amide bonds. The molecule has 31 heavy (non-hydrogen) atoms. The van der Waals surface area contributed by atoms with Gasteiger partial charge in [0.1, 0.15) is 5.82 Å². The molecule has 3 aliphatic rings. The van der Waals surface area contributed by atoms with Crippen molar-refractivity contribution < 1.29 is 9.59 Å². The molecule has 0 saturated carbocycles. The van der Waals surface area contributed by atoms with Gasteiger partial charge in [0.05, 0.1) is 5.56 Å². The van der Waals surface area contributed by atoms with Crippen LogP contribution in [0.5, 0.6) is 0 Å². The van der Waals surface area contributed by atoms with Gasteiger partial charge in [0.2, 0.25) is 0 Å². The molecule has 2 aliphatic heterocycles. The van der Waals surface area contributed by atoms with E-state index >= 15 is 0 Å². The van der Waals surface area contributed by atoms with E-state index in [0.29, 0.717) is 11.3 Å². The minimum absolute atomic E-state index is 0.116. The van der Waals surface area contributed by atoms with Gasteiger partial charge in [-0.15, -0.1) is 0 Å². The Morgan fingerprint density at radius 2 is 1.90 bits per heavy atom. The van der Waals surface area contributed by atoms with Crippen LogP contribution in [0.1, 0.15) is 77.3 Å². The standard InChI is InChI=1S/C26H31N3O2/c1-2-7-18-14-20-16-22(9-10-23(20)24(18)30)29-13-6-8-19-15-21(17-27-25(19)29)26(31)28-11-4-3-5-12-28/h9-10,15-18H,2-8,11-14H2,1H3. The number of likely N-dealkylation sites (tertiary alicyclic amines) is 1. The molecular weight excluding hydrogens is 386 g/mol. The maximum absolute atomic E-state index is 12.9. The van der Waals surface area contributed by atoms with Crippen molar-refractivity contribution in [2.24, 2.45) is 5.92 Å². The predicted octanol–water partition coefficient (Wildman–Crippen LogP) is 4.95. The van der Waals surface area contributed by atoms with E-state index in [0.717, 1.165) is 87.2 Å². The second-order valence-electron chi connectivity index (χ2n) is 9.21. The minimum Gasteiger partial charge on any atom is -0.339 e. The van der Waals surface area contributed by atoms with Gasteiger partial charge in [0, 0.05) is 43.0 Å². The largest absolute Gasteiger partial charge is 0.339 e. The maximum atomic E-state index is 12.9. The molecule has 1 aromatic heterocycles. The average Bonchev–Trinajstić information content (AvgIpc) is 3.13. The highest BCUT2D eigenvalue weighted by molar-refractivity contribution is 6.02. The second-order valence-corrected chi connectivity index (χ2v) is 9.21. The predicted molar refractivity (Wildman–Crippen MR) is 122 cm³/mol. The van der Waals surface area contributed by atoms with Crippen LogP contribution in [-0.4, -0.2) is 41.2 Å². The first kappa shape index (κ1) is 20.2. The third kappa shape index (κ3) is 3.75. The summed E-state index contributed by atoms with van der Waals surface area (Å²) in [7, 11) is 0. The molecule has 2 aromatic rings. The number of rotatable bonds is 4. The van der Waals surface area contributed by atoms with E-state index in [1.54, 1.807) is 6.20 Å². The number of pyridine rings is 1. The Morgan fingerprint density at radius 1 is 1.06 bits per heavy atom. The zero-order valence-electron chi connectivity index (χ0n) is 18.4. The molecule has 5 rings (SSSR count). The van der Waals surface area contributed by atoms with Crippen molar-refractivity contribution in [2.75, 3.05) is 24.5 Å². The van der Waals surface area contributed by atoms with E-state index in [1.807, 2.05) is 11.0 Å². The van der Waals surface area contributed by atoms with Gasteiger partial charge in [-0.2, -0.15) is 0 Å². The number of carbonyl (C=O) groups is 2. The lowest BCUT2D eigenvalue weighted by Crippen LogP contribution is -2.36. The number of fused-ring (bicyclic) bond motifs is 2. The summed E-state index contributed by atoms with van der Waals surface area (Å²) < 4.78 is 0. The van der Waals surface area contributed by atoms with Crippen LogP contribution in [0.3, 0.4) is 0 Å². The van der Waals surface area contributed by atoms with E-state index in [2.05, 4.69) is 30.0 Å². The van der Waals surface area contributed by atoms with E-state index in [1.165, 1.54) is 12.0 Å². The summed E-state index contributed by atoms with van der Waals surface area (Å²) >= 11 is 0. The Morgan fingerprint density at radius 3 is 2.71 bits per heavy atom. The molecular formula is C26H31N3O2. The fourth-order valence-electron chi connectivity index (χ4n) is 5.43. The van der Waals surface area contributed by atoms with Crippen LogP contribution in [0.2, 0.25) is 0 Å². The van der Waals surface area contributed by atoms with Gasteiger partial charge in [0.15, 0.2) is 5.78 Å². The fourth-order valence-corrected chi connectivity index (χ4v) is 5.43. The third-order valence-electron chi connectivity index (χ3n) is 7.06. The Bertz CT molecular complexity index is 1010. The number of aromatic nitrogens is 1. The van der Waals surface area contributed by atoms with Gasteiger partial charge in [-0.25, -0.2) is 4.98 Å². The van der Waals surface area contributed by atoms with Crippen LogP contribution in [0.4, 0.5) is 11.5 Å². The lowest BCUT2D eigenvalue weighted by atomic mass is 10.00. The number of ketones is 1. The zero-order chi connectivity index (χ0) is 21.4. The zero-order valence-corrected chi connectivity index (χ0v) is 18.4. The molecule has 5 nitrogen and oxygen atoms in total. The number of carbonyl (C=O) groups excluding carboxylic acids is 2. The molecule has 0 spiro atoms. The number of amides is 1. The Balaban J connectivity index is 1.41. The van der Waals surface area contributed by atoms with Crippen molar-refractivity contribution in [1.82, 2.24) is 9.88 Å². The van der Waals surface area contributed by atoms with E-state index in [-0.39, 0.29) is 11.8 Å². The van der Waals surface area contributed by atoms with E-state index in [9.17, 15) is 9.59 Å². The van der Waals surface area contributed by atoms with Crippen LogP contribution in [0.15, 0.2) is 30.5 Å². The number of piperidine rings is 1. The highest BCUT2D eigenvalue weighted by Gasteiger charge is 2.31. The number of Topliss-reactive ketones (excluding diaryl/α,β-unsaturated/α-hetero) is 1. The number of hydrogen-bond donors (Lipinski definition) is 0. The van der Waals surface area contributed by atoms with Crippen molar-refractivity contribution in [1.29, 1.82) is 0 Å². The Hall–Kier alpha value is -2.69. The maximum Gasteiger partial charge on any atom is 0.255 e. The Labute approximate surface area is 184 Å². The van der Waals surface area contributed by atoms with Gasteiger partial charge < -0.3 is 9.80 Å². The summed E-state index contributed by atoms with van der Waals surface area (Å²) in [6.45, 7) is 4.76. The highest BCUT2D eigenvalue weighted by Crippen LogP contribution is 2.37. The van der Waals surface area contributed by atoms with Gasteiger partial charge >= 0.3 is 0 Å². The van der Waals surface area contributed by atoms with Crippen LogP contribution in [-0.2, 0) is 12.8 Å². The summed E-state index contributed by atoms with van der Waals surface area (Å²) in [5, 5.41) is 0. The monoisotopic (exact) mass is 417 g/mol. The van der Waals surface area contributed by atoms with Gasteiger partial charge in [0.25, 0.3) is 5.91 Å². The molecule has 3 heterocycles. The Kier molecular flexibility index (Phi) is 5.51. The lowest BCUT2D eigenvalue weighted by molar-refractivity contribution is 0.0723. The first-order valence-electron chi connectivity index (χ1n) is 11.9. The molecule has 1 aromatic carbocycles. The van der Waals surface area contributed by atoms with Gasteiger partial charge in [-0.1, -0.05) is 13.3 Å². The summed E-state index contributed by atoms with van der Waals surface area (Å²) in [5.41, 5.74) is 5.03. The molecule has 0 bridgehead atoms. The highest BCUT2D eigenvalue weighted by atomic mass is 16.2. The van der Waals surface area contributed by atoms with Crippen LogP contribution < -0.4 is 4.90 Å². The minimum atomic E-state index is 0.116. The molecule has 1 fully saturated rings. The molecule has 0 radical (unpaired) electrons. The van der Waals surface area contributed by atoms with Gasteiger partial charge in [-0.05, 0) is 80.3 Å². The number of aryl methyl sites for hydroxylation is 1. The SMILES string of the molecule is CCCC1Cc2cc(N3CCCc4cc(C(=O)N5CCCCC5)cnc43)ccc2C1=O. The molecule has 1 saturated heterocycles. The van der Waals surface area contributed by atoms with E-state index < -0.39 is 0 Å². The number of hydrogen-bond acceptors (Lipinski definition) is 4. The molecule has 1 aliphatic carbocycles. The van der Waals surface area contributed by atoms with Crippen LogP contribution >= 0.6 is 0 Å². The van der Waals surface area contributed by atoms with Crippen LogP contribution in [0.25, 0.3) is 0 Å². The smallest absolute Gasteiger partial charge is 0.255 e. The molecule has 0 N–H and O–H groups in total. The topological polar surface area (TPSA) is 53.5 Å².